The topological polar surface area (TPSA) is 83.6 Å². The monoisotopic (exact) mass is 473 g/mol. The van der Waals surface area contributed by atoms with Gasteiger partial charge in [-0.15, -0.1) is 10.2 Å². The van der Waals surface area contributed by atoms with Crippen LogP contribution in [0.4, 0.5) is 5.69 Å². The minimum Gasteiger partial charge on any atom is -0.325 e. The maximum Gasteiger partial charge on any atom is 0.225 e. The summed E-state index contributed by atoms with van der Waals surface area (Å²) in [5.41, 5.74) is 3.00. The number of amides is 1. The van der Waals surface area contributed by atoms with Gasteiger partial charge in [0.05, 0.1) is 17.8 Å². The first-order valence-electron chi connectivity index (χ1n) is 10.3. The molecule has 1 amide bonds. The maximum absolute atomic E-state index is 12.4. The molecule has 4 aromatic rings. The molecule has 0 aliphatic heterocycles. The normalized spacial score (nSPS) is 10.5. The Labute approximate surface area is 201 Å². The van der Waals surface area contributed by atoms with Crippen LogP contribution in [0.3, 0.4) is 0 Å². The Morgan fingerprint density at radius 1 is 1.00 bits per heavy atom. The molecule has 4 rings (SSSR count). The highest BCUT2D eigenvalue weighted by molar-refractivity contribution is 7.99. The summed E-state index contributed by atoms with van der Waals surface area (Å²) in [7, 11) is 0. The second kappa shape index (κ2) is 10.8. The minimum atomic E-state index is -0.155. The second-order valence-electron chi connectivity index (χ2n) is 7.19. The first-order chi connectivity index (χ1) is 16.1. The number of halogens is 1. The fraction of sp³-hybridized carbons (Fsp3) is 0.120. The molecule has 0 unspecified atom stereocenters. The van der Waals surface area contributed by atoms with Gasteiger partial charge in [-0.05, 0) is 42.0 Å². The number of nitrogens with one attached hydrogen (secondary N) is 1. The van der Waals surface area contributed by atoms with Gasteiger partial charge >= 0.3 is 0 Å². The lowest BCUT2D eigenvalue weighted by molar-refractivity contribution is -0.115. The van der Waals surface area contributed by atoms with Crippen LogP contribution in [0.25, 0.3) is 11.4 Å². The van der Waals surface area contributed by atoms with E-state index in [1.54, 1.807) is 24.3 Å². The molecule has 3 aromatic carbocycles. The summed E-state index contributed by atoms with van der Waals surface area (Å²) in [6.07, 6.45) is 0.277. The van der Waals surface area contributed by atoms with Crippen molar-refractivity contribution in [3.63, 3.8) is 0 Å². The van der Waals surface area contributed by atoms with Crippen molar-refractivity contribution in [2.75, 3.05) is 11.1 Å². The molecule has 0 saturated heterocycles. The van der Waals surface area contributed by atoms with Crippen LogP contribution in [-0.2, 0) is 11.3 Å². The Bertz CT molecular complexity index is 1280. The van der Waals surface area contributed by atoms with E-state index in [0.717, 1.165) is 22.1 Å². The summed E-state index contributed by atoms with van der Waals surface area (Å²) >= 11 is 7.52. The lowest BCUT2D eigenvalue weighted by atomic mass is 10.2. The van der Waals surface area contributed by atoms with Crippen molar-refractivity contribution < 1.29 is 4.79 Å². The highest BCUT2D eigenvalue weighted by Crippen LogP contribution is 2.27. The number of anilines is 1. The molecule has 0 aliphatic rings. The number of nitrogens with zero attached hydrogens (tertiary/aromatic N) is 4. The zero-order valence-corrected chi connectivity index (χ0v) is 19.2. The maximum atomic E-state index is 12.4. The third-order valence-electron chi connectivity index (χ3n) is 4.88. The van der Waals surface area contributed by atoms with Crippen LogP contribution in [-0.4, -0.2) is 26.4 Å². The number of hydrogen-bond acceptors (Lipinski definition) is 5. The molecule has 0 aliphatic carbocycles. The first kappa shape index (κ1) is 22.6. The van der Waals surface area contributed by atoms with Gasteiger partial charge in [0.15, 0.2) is 11.0 Å². The summed E-state index contributed by atoms with van der Waals surface area (Å²) in [6.45, 7) is 0.607. The predicted molar refractivity (Wildman–Crippen MR) is 131 cm³/mol. The molecule has 0 fully saturated rings. The lowest BCUT2D eigenvalue weighted by Crippen LogP contribution is -2.13. The predicted octanol–water partition coefficient (Wildman–Crippen LogP) is 5.64. The van der Waals surface area contributed by atoms with E-state index >= 15 is 0 Å². The molecule has 1 N–H and O–H groups in total. The molecule has 6 nitrogen and oxygen atoms in total. The number of hydrogen-bond donors (Lipinski definition) is 1. The molecular formula is C25H20ClN5OS. The van der Waals surface area contributed by atoms with Gasteiger partial charge in [0, 0.05) is 22.8 Å². The number of thioether (sulfide) groups is 1. The minimum absolute atomic E-state index is 0.155. The number of benzene rings is 3. The summed E-state index contributed by atoms with van der Waals surface area (Å²) in [4.78, 5) is 12.4. The van der Waals surface area contributed by atoms with Gasteiger partial charge in [0.1, 0.15) is 6.07 Å². The van der Waals surface area contributed by atoms with Crippen molar-refractivity contribution >= 4 is 35.0 Å². The molecule has 0 bridgehead atoms. The molecule has 0 atom stereocenters. The average Bonchev–Trinajstić information content (AvgIpc) is 3.23. The van der Waals surface area contributed by atoms with E-state index in [1.807, 2.05) is 47.0 Å². The molecule has 164 valence electrons. The molecule has 0 radical (unpaired) electrons. The van der Waals surface area contributed by atoms with Gasteiger partial charge in [-0.3, -0.25) is 9.36 Å². The summed E-state index contributed by atoms with van der Waals surface area (Å²) in [6, 6.07) is 26.6. The molecule has 33 heavy (non-hydrogen) atoms. The smallest absolute Gasteiger partial charge is 0.225 e. The highest BCUT2D eigenvalue weighted by atomic mass is 35.5. The summed E-state index contributed by atoms with van der Waals surface area (Å²) in [5.74, 6) is 1.11. The largest absolute Gasteiger partial charge is 0.325 e. The Hall–Kier alpha value is -3.60. The van der Waals surface area contributed by atoms with Crippen molar-refractivity contribution in [1.29, 1.82) is 5.26 Å². The number of carbonyl (C=O) groups is 1. The second-order valence-corrected chi connectivity index (χ2v) is 8.69. The quantitative estimate of drug-likeness (QED) is 0.335. The van der Waals surface area contributed by atoms with E-state index in [-0.39, 0.29) is 12.3 Å². The van der Waals surface area contributed by atoms with Crippen molar-refractivity contribution in [3.8, 4) is 17.5 Å². The summed E-state index contributed by atoms with van der Waals surface area (Å²) in [5, 5.41) is 22.2. The number of para-hydroxylation sites is 1. The van der Waals surface area contributed by atoms with Gasteiger partial charge in [-0.2, -0.15) is 5.26 Å². The lowest BCUT2D eigenvalue weighted by Gasteiger charge is -2.11. The van der Waals surface area contributed by atoms with Gasteiger partial charge in [-0.25, -0.2) is 0 Å². The zero-order valence-electron chi connectivity index (χ0n) is 17.6. The van der Waals surface area contributed by atoms with Gasteiger partial charge in [0.25, 0.3) is 0 Å². The Kier molecular flexibility index (Phi) is 7.40. The third-order valence-corrected chi connectivity index (χ3v) is 6.11. The fourth-order valence-electron chi connectivity index (χ4n) is 3.25. The van der Waals surface area contributed by atoms with Crippen molar-refractivity contribution in [2.24, 2.45) is 0 Å². The van der Waals surface area contributed by atoms with E-state index in [1.165, 1.54) is 11.8 Å². The van der Waals surface area contributed by atoms with E-state index in [9.17, 15) is 10.1 Å². The third kappa shape index (κ3) is 5.80. The van der Waals surface area contributed by atoms with Crippen LogP contribution in [0.15, 0.2) is 84.0 Å². The Morgan fingerprint density at radius 3 is 2.48 bits per heavy atom. The molecular weight excluding hydrogens is 454 g/mol. The van der Waals surface area contributed by atoms with Crippen molar-refractivity contribution in [2.45, 2.75) is 18.1 Å². The number of rotatable bonds is 8. The molecule has 0 spiro atoms. The SMILES string of the molecule is N#Cc1ccccc1NC(=O)CCSc1nnc(-c2ccc(Cl)cc2)n1Cc1ccccc1. The standard InChI is InChI=1S/C25H20ClN5OS/c26-21-12-10-19(11-13-21)24-29-30-25(31(24)17-18-6-2-1-3-7-18)33-15-14-23(32)28-22-9-5-4-8-20(22)16-27/h1-13H,14-15,17H2,(H,28,32). The van der Waals surface area contributed by atoms with Crippen LogP contribution < -0.4 is 5.32 Å². The van der Waals surface area contributed by atoms with Gasteiger partial charge < -0.3 is 5.32 Å². The molecule has 8 heteroatoms. The Balaban J connectivity index is 1.48. The van der Waals surface area contributed by atoms with Gasteiger partial charge in [0.2, 0.25) is 5.91 Å². The number of nitriles is 1. The average molecular weight is 474 g/mol. The Morgan fingerprint density at radius 2 is 1.73 bits per heavy atom. The molecule has 0 saturated carbocycles. The zero-order chi connectivity index (χ0) is 23.0. The number of carbonyl (C=O) groups excluding carboxylic acids is 1. The number of aromatic nitrogens is 3. The fourth-order valence-corrected chi connectivity index (χ4v) is 4.26. The molecule has 1 aromatic heterocycles. The van der Waals surface area contributed by atoms with E-state index in [2.05, 4.69) is 33.7 Å². The van der Waals surface area contributed by atoms with E-state index in [0.29, 0.717) is 28.6 Å². The van der Waals surface area contributed by atoms with Crippen molar-refractivity contribution in [3.05, 3.63) is 95.0 Å². The van der Waals surface area contributed by atoms with Crippen LogP contribution in [0.1, 0.15) is 17.5 Å². The van der Waals surface area contributed by atoms with Crippen LogP contribution >= 0.6 is 23.4 Å². The van der Waals surface area contributed by atoms with Crippen LogP contribution in [0.2, 0.25) is 5.02 Å². The first-order valence-corrected chi connectivity index (χ1v) is 11.7. The highest BCUT2D eigenvalue weighted by Gasteiger charge is 2.16. The van der Waals surface area contributed by atoms with Crippen LogP contribution in [0, 0.1) is 11.3 Å². The van der Waals surface area contributed by atoms with Crippen molar-refractivity contribution in [1.82, 2.24) is 14.8 Å². The van der Waals surface area contributed by atoms with E-state index < -0.39 is 0 Å². The van der Waals surface area contributed by atoms with E-state index in [4.69, 9.17) is 11.6 Å². The summed E-state index contributed by atoms with van der Waals surface area (Å²) < 4.78 is 2.05. The molecule has 1 heterocycles. The van der Waals surface area contributed by atoms with Crippen LogP contribution in [0.5, 0.6) is 0 Å². The van der Waals surface area contributed by atoms with Gasteiger partial charge in [-0.1, -0.05) is 65.8 Å².